The smallest absolute Gasteiger partial charge is 0.162 e. The Kier molecular flexibility index (Phi) is 3.80. The topological polar surface area (TPSA) is 29.5 Å². The first-order chi connectivity index (χ1) is 10.1. The molecular weight excluding hydrogens is 335 g/mol. The van der Waals surface area contributed by atoms with E-state index < -0.39 is 0 Å². The Balaban J connectivity index is 1.88. The normalized spacial score (nSPS) is 10.8. The van der Waals surface area contributed by atoms with Crippen molar-refractivity contribution in [2.75, 3.05) is 0 Å². The van der Waals surface area contributed by atoms with Gasteiger partial charge in [0.2, 0.25) is 0 Å². The van der Waals surface area contributed by atoms with Crippen LogP contribution in [0.3, 0.4) is 0 Å². The highest BCUT2D eigenvalue weighted by atomic mass is 79.9. The van der Waals surface area contributed by atoms with E-state index in [-0.39, 0.29) is 18.2 Å². The number of hydrogen-bond acceptors (Lipinski definition) is 2. The maximum atomic E-state index is 13.4. The Bertz CT molecular complexity index is 802. The molecule has 4 heteroatoms. The fourth-order valence-corrected chi connectivity index (χ4v) is 2.52. The Labute approximate surface area is 129 Å². The van der Waals surface area contributed by atoms with Crippen LogP contribution in [0.5, 0.6) is 11.5 Å². The summed E-state index contributed by atoms with van der Waals surface area (Å²) in [5.41, 5.74) is 0.683. The van der Waals surface area contributed by atoms with E-state index in [1.165, 1.54) is 6.07 Å². The van der Waals surface area contributed by atoms with Crippen molar-refractivity contribution in [3.05, 3.63) is 70.5 Å². The lowest BCUT2D eigenvalue weighted by molar-refractivity contribution is 0.288. The molecule has 21 heavy (non-hydrogen) atoms. The average molecular weight is 347 g/mol. The summed E-state index contributed by atoms with van der Waals surface area (Å²) in [7, 11) is 0. The Morgan fingerprint density at radius 3 is 2.48 bits per heavy atom. The minimum atomic E-state index is -0.334. The SMILES string of the molecule is Oc1cc2ccccc2cc1OCc1cccc(F)c1Br. The van der Waals surface area contributed by atoms with Crippen LogP contribution < -0.4 is 4.74 Å². The van der Waals surface area contributed by atoms with E-state index in [9.17, 15) is 9.50 Å². The molecule has 0 aromatic heterocycles. The molecule has 0 aliphatic heterocycles. The molecule has 106 valence electrons. The molecule has 0 saturated carbocycles. The molecule has 0 saturated heterocycles. The second-order valence-electron chi connectivity index (χ2n) is 4.67. The predicted molar refractivity (Wildman–Crippen MR) is 84.0 cm³/mol. The molecule has 0 amide bonds. The quantitative estimate of drug-likeness (QED) is 0.720. The van der Waals surface area contributed by atoms with E-state index in [0.29, 0.717) is 15.8 Å². The zero-order valence-corrected chi connectivity index (χ0v) is 12.6. The highest BCUT2D eigenvalue weighted by Gasteiger charge is 2.09. The number of phenols is 1. The molecule has 3 rings (SSSR count). The first-order valence-corrected chi connectivity index (χ1v) is 7.22. The third-order valence-corrected chi connectivity index (χ3v) is 4.13. The zero-order valence-electron chi connectivity index (χ0n) is 11.0. The van der Waals surface area contributed by atoms with Gasteiger partial charge in [-0.2, -0.15) is 0 Å². The number of halogens is 2. The van der Waals surface area contributed by atoms with Crippen LogP contribution >= 0.6 is 15.9 Å². The lowest BCUT2D eigenvalue weighted by Crippen LogP contribution is -1.98. The summed E-state index contributed by atoms with van der Waals surface area (Å²) in [4.78, 5) is 0. The summed E-state index contributed by atoms with van der Waals surface area (Å²) in [6.07, 6.45) is 0. The van der Waals surface area contributed by atoms with E-state index in [4.69, 9.17) is 4.74 Å². The van der Waals surface area contributed by atoms with Gasteiger partial charge in [-0.25, -0.2) is 4.39 Å². The van der Waals surface area contributed by atoms with Crippen LogP contribution in [0, 0.1) is 5.82 Å². The fraction of sp³-hybridized carbons (Fsp3) is 0.0588. The molecular formula is C17H12BrFO2. The molecule has 0 heterocycles. The van der Waals surface area contributed by atoms with Gasteiger partial charge in [0.05, 0.1) is 4.47 Å². The predicted octanol–water partition coefficient (Wildman–Crippen LogP) is 5.03. The van der Waals surface area contributed by atoms with Crippen molar-refractivity contribution in [2.24, 2.45) is 0 Å². The maximum absolute atomic E-state index is 13.4. The molecule has 1 N–H and O–H groups in total. The molecule has 0 spiro atoms. The number of fused-ring (bicyclic) bond motifs is 1. The van der Waals surface area contributed by atoms with Crippen LogP contribution in [-0.2, 0) is 6.61 Å². The summed E-state index contributed by atoms with van der Waals surface area (Å²) in [6.45, 7) is 0.171. The molecule has 0 atom stereocenters. The average Bonchev–Trinajstić information content (AvgIpc) is 2.49. The van der Waals surface area contributed by atoms with E-state index in [0.717, 1.165) is 10.8 Å². The van der Waals surface area contributed by atoms with Crippen LogP contribution in [-0.4, -0.2) is 5.11 Å². The summed E-state index contributed by atoms with van der Waals surface area (Å²) in [5.74, 6) is 0.116. The first kappa shape index (κ1) is 13.9. The number of rotatable bonds is 3. The van der Waals surface area contributed by atoms with Crippen molar-refractivity contribution in [1.29, 1.82) is 0 Å². The van der Waals surface area contributed by atoms with Gasteiger partial charge in [-0.15, -0.1) is 0 Å². The second kappa shape index (κ2) is 5.74. The molecule has 2 nitrogen and oxygen atoms in total. The summed E-state index contributed by atoms with van der Waals surface area (Å²) >= 11 is 3.19. The van der Waals surface area contributed by atoms with Crippen molar-refractivity contribution in [1.82, 2.24) is 0 Å². The first-order valence-electron chi connectivity index (χ1n) is 6.42. The summed E-state index contributed by atoms with van der Waals surface area (Å²) in [5, 5.41) is 11.9. The highest BCUT2D eigenvalue weighted by molar-refractivity contribution is 9.10. The van der Waals surface area contributed by atoms with Gasteiger partial charge in [-0.1, -0.05) is 36.4 Å². The van der Waals surface area contributed by atoms with Gasteiger partial charge in [0.1, 0.15) is 12.4 Å². The number of ether oxygens (including phenoxy) is 1. The molecule has 0 radical (unpaired) electrons. The van der Waals surface area contributed by atoms with Gasteiger partial charge in [-0.3, -0.25) is 0 Å². The van der Waals surface area contributed by atoms with Crippen molar-refractivity contribution < 1.29 is 14.2 Å². The third kappa shape index (κ3) is 2.85. The molecule has 0 unspecified atom stereocenters. The van der Waals surface area contributed by atoms with Crippen LogP contribution in [0.2, 0.25) is 0 Å². The third-order valence-electron chi connectivity index (χ3n) is 3.24. The number of phenolic OH excluding ortho intramolecular Hbond substituents is 1. The Morgan fingerprint density at radius 2 is 1.71 bits per heavy atom. The molecule has 3 aromatic carbocycles. The minimum Gasteiger partial charge on any atom is -0.504 e. The molecule has 0 aliphatic rings. The van der Waals surface area contributed by atoms with Crippen LogP contribution in [0.4, 0.5) is 4.39 Å². The highest BCUT2D eigenvalue weighted by Crippen LogP contribution is 2.32. The van der Waals surface area contributed by atoms with Gasteiger partial charge in [-0.05, 0) is 44.9 Å². The molecule has 0 bridgehead atoms. The van der Waals surface area contributed by atoms with Crippen LogP contribution in [0.15, 0.2) is 59.1 Å². The molecule has 0 aliphatic carbocycles. The largest absolute Gasteiger partial charge is 0.504 e. The van der Waals surface area contributed by atoms with Gasteiger partial charge in [0, 0.05) is 5.56 Å². The zero-order chi connectivity index (χ0) is 14.8. The van der Waals surface area contributed by atoms with Crippen LogP contribution in [0.25, 0.3) is 10.8 Å². The molecule has 3 aromatic rings. The number of hydrogen-bond donors (Lipinski definition) is 1. The number of aromatic hydroxyl groups is 1. The van der Waals surface area contributed by atoms with Gasteiger partial charge < -0.3 is 9.84 Å². The van der Waals surface area contributed by atoms with E-state index in [1.807, 2.05) is 24.3 Å². The lowest BCUT2D eigenvalue weighted by atomic mass is 10.1. The number of benzene rings is 3. The maximum Gasteiger partial charge on any atom is 0.162 e. The minimum absolute atomic E-state index is 0.0706. The van der Waals surface area contributed by atoms with E-state index in [2.05, 4.69) is 15.9 Å². The second-order valence-corrected chi connectivity index (χ2v) is 5.46. The molecule has 0 fully saturated rings. The van der Waals surface area contributed by atoms with Crippen molar-refractivity contribution in [3.63, 3.8) is 0 Å². The van der Waals surface area contributed by atoms with E-state index in [1.54, 1.807) is 24.3 Å². The Hall–Kier alpha value is -2.07. The van der Waals surface area contributed by atoms with Gasteiger partial charge in [0.25, 0.3) is 0 Å². The summed E-state index contributed by atoms with van der Waals surface area (Å²) in [6, 6.07) is 15.9. The standard InChI is InChI=1S/C17H12BrFO2/c18-17-13(6-3-7-14(17)19)10-21-16-9-12-5-2-1-4-11(12)8-15(16)20/h1-9,20H,10H2. The summed E-state index contributed by atoms with van der Waals surface area (Å²) < 4.78 is 19.4. The van der Waals surface area contributed by atoms with Crippen molar-refractivity contribution >= 4 is 26.7 Å². The monoisotopic (exact) mass is 346 g/mol. The fourth-order valence-electron chi connectivity index (χ4n) is 2.14. The van der Waals surface area contributed by atoms with Crippen molar-refractivity contribution in [2.45, 2.75) is 6.61 Å². The van der Waals surface area contributed by atoms with Gasteiger partial charge in [0.15, 0.2) is 11.5 Å². The lowest BCUT2D eigenvalue weighted by Gasteiger charge is -2.11. The van der Waals surface area contributed by atoms with Crippen molar-refractivity contribution in [3.8, 4) is 11.5 Å². The Morgan fingerprint density at radius 1 is 1.00 bits per heavy atom. The van der Waals surface area contributed by atoms with Crippen LogP contribution in [0.1, 0.15) is 5.56 Å². The van der Waals surface area contributed by atoms with E-state index >= 15 is 0 Å². The van der Waals surface area contributed by atoms with Gasteiger partial charge >= 0.3 is 0 Å².